The minimum atomic E-state index is 0. The van der Waals surface area contributed by atoms with Crippen LogP contribution in [0, 0.1) is 0 Å². The lowest BCUT2D eigenvalue weighted by atomic mass is 9.92. The molecule has 2 aliphatic rings. The number of nitrogens with zero attached hydrogens (tertiary/aromatic N) is 5. The molecular formula is C23H34Cl2N8. The van der Waals surface area contributed by atoms with Crippen molar-refractivity contribution in [2.24, 2.45) is 5.73 Å². The smallest absolute Gasteiger partial charge is 0.227 e. The third-order valence-electron chi connectivity index (χ3n) is 6.64. The van der Waals surface area contributed by atoms with Gasteiger partial charge >= 0.3 is 0 Å². The number of fused-ring (bicyclic) bond motifs is 1. The van der Waals surface area contributed by atoms with Gasteiger partial charge in [0.25, 0.3) is 0 Å². The van der Waals surface area contributed by atoms with Crippen molar-refractivity contribution in [3.8, 4) is 0 Å². The maximum Gasteiger partial charge on any atom is 0.227 e. The second-order valence-electron chi connectivity index (χ2n) is 8.91. The van der Waals surface area contributed by atoms with Crippen LogP contribution >= 0.6 is 24.8 Å². The summed E-state index contributed by atoms with van der Waals surface area (Å²) >= 11 is 0. The van der Waals surface area contributed by atoms with Crippen molar-refractivity contribution < 1.29 is 0 Å². The number of nitrogens with two attached hydrogens (primary N) is 1. The number of hydrogen-bond acceptors (Lipinski definition) is 7. The maximum absolute atomic E-state index is 6.08. The molecular weight excluding hydrogens is 459 g/mol. The van der Waals surface area contributed by atoms with E-state index < -0.39 is 0 Å². The topological polar surface area (TPSA) is 107 Å². The number of halogens is 2. The molecule has 3 aromatic heterocycles. The largest absolute Gasteiger partial charge is 0.368 e. The van der Waals surface area contributed by atoms with Gasteiger partial charge in [0.2, 0.25) is 5.95 Å². The summed E-state index contributed by atoms with van der Waals surface area (Å²) in [6.07, 6.45) is 13.8. The summed E-state index contributed by atoms with van der Waals surface area (Å²) in [5.41, 5.74) is 8.92. The summed E-state index contributed by atoms with van der Waals surface area (Å²) in [4.78, 5) is 18.9. The summed E-state index contributed by atoms with van der Waals surface area (Å²) in [5, 5.41) is 7.08. The fourth-order valence-electron chi connectivity index (χ4n) is 4.86. The van der Waals surface area contributed by atoms with Crippen molar-refractivity contribution in [1.29, 1.82) is 0 Å². The number of nitrogens with one attached hydrogen (secondary N) is 2. The van der Waals surface area contributed by atoms with Crippen LogP contribution in [0.25, 0.3) is 11.2 Å². The van der Waals surface area contributed by atoms with Crippen molar-refractivity contribution in [2.45, 2.75) is 75.9 Å². The highest BCUT2D eigenvalue weighted by atomic mass is 35.5. The molecule has 10 heteroatoms. The zero-order chi connectivity index (χ0) is 21.0. The van der Waals surface area contributed by atoms with Crippen LogP contribution in [0.3, 0.4) is 0 Å². The summed E-state index contributed by atoms with van der Waals surface area (Å²) < 4.78 is 2.26. The van der Waals surface area contributed by atoms with Crippen LogP contribution in [-0.2, 0) is 6.42 Å². The Kier molecular flexibility index (Phi) is 9.11. The van der Waals surface area contributed by atoms with Crippen LogP contribution in [0.15, 0.2) is 30.7 Å². The van der Waals surface area contributed by atoms with Gasteiger partial charge in [-0.3, -0.25) is 4.98 Å². The molecule has 0 spiro atoms. The van der Waals surface area contributed by atoms with Crippen molar-refractivity contribution in [1.82, 2.24) is 24.5 Å². The molecule has 3 heterocycles. The van der Waals surface area contributed by atoms with E-state index in [1.54, 1.807) is 0 Å². The lowest BCUT2D eigenvalue weighted by molar-refractivity contribution is 0.410. The van der Waals surface area contributed by atoms with Gasteiger partial charge in [0, 0.05) is 43.0 Å². The molecule has 2 fully saturated rings. The fourth-order valence-corrected chi connectivity index (χ4v) is 4.86. The van der Waals surface area contributed by atoms with Gasteiger partial charge in [0.05, 0.1) is 6.33 Å². The summed E-state index contributed by atoms with van der Waals surface area (Å²) in [7, 11) is 0. The van der Waals surface area contributed by atoms with Gasteiger partial charge in [-0.1, -0.05) is 18.9 Å². The van der Waals surface area contributed by atoms with Crippen LogP contribution in [0.5, 0.6) is 0 Å². The maximum atomic E-state index is 6.08. The van der Waals surface area contributed by atoms with Crippen LogP contribution in [0.4, 0.5) is 11.8 Å². The van der Waals surface area contributed by atoms with E-state index in [0.717, 1.165) is 61.3 Å². The molecule has 2 aliphatic carbocycles. The van der Waals surface area contributed by atoms with Gasteiger partial charge < -0.3 is 20.9 Å². The Morgan fingerprint density at radius 3 is 2.48 bits per heavy atom. The van der Waals surface area contributed by atoms with Gasteiger partial charge in [0.15, 0.2) is 17.0 Å². The normalized spacial score (nSPS) is 20.8. The fraction of sp³-hybridized carbons (Fsp3) is 0.565. The average Bonchev–Trinajstić information content (AvgIpc) is 3.46. The number of pyridine rings is 1. The lowest BCUT2D eigenvalue weighted by Crippen LogP contribution is -2.33. The number of rotatable bonds is 7. The molecule has 0 aliphatic heterocycles. The Bertz CT molecular complexity index is 998. The van der Waals surface area contributed by atoms with Gasteiger partial charge in [0.1, 0.15) is 0 Å². The number of imidazole rings is 1. The average molecular weight is 493 g/mol. The number of aromatic nitrogens is 5. The molecule has 0 aromatic carbocycles. The van der Waals surface area contributed by atoms with Crippen molar-refractivity contribution >= 4 is 47.7 Å². The predicted molar refractivity (Wildman–Crippen MR) is 138 cm³/mol. The van der Waals surface area contributed by atoms with Crippen molar-refractivity contribution in [3.63, 3.8) is 0 Å². The molecule has 33 heavy (non-hydrogen) atoms. The van der Waals surface area contributed by atoms with Crippen molar-refractivity contribution in [2.75, 3.05) is 17.2 Å². The Labute approximate surface area is 207 Å². The second kappa shape index (κ2) is 11.8. The molecule has 0 unspecified atom stereocenters. The molecule has 4 N–H and O–H groups in total. The van der Waals surface area contributed by atoms with Gasteiger partial charge in [-0.25, -0.2) is 4.98 Å². The molecule has 5 rings (SSSR count). The SMILES string of the molecule is Cl.Cl.N[C@H]1CC[C@H](Nc2nc(NCCc3ccccn3)c3ncn(C4CCCC4)c3n2)CC1. The van der Waals surface area contributed by atoms with Gasteiger partial charge in [-0.05, 0) is 50.7 Å². The van der Waals surface area contributed by atoms with Crippen LogP contribution in [0.1, 0.15) is 63.1 Å². The summed E-state index contributed by atoms with van der Waals surface area (Å²) in [6.45, 7) is 0.747. The summed E-state index contributed by atoms with van der Waals surface area (Å²) in [5.74, 6) is 1.49. The Morgan fingerprint density at radius 2 is 1.76 bits per heavy atom. The quantitative estimate of drug-likeness (QED) is 0.444. The molecule has 3 aromatic rings. The molecule has 0 saturated heterocycles. The standard InChI is InChI=1S/C23H32N8.2ClH/c24-16-8-10-18(11-9-16)28-23-29-21(26-14-12-17-5-3-4-13-25-17)20-22(30-23)31(15-27-20)19-6-1-2-7-19;;/h3-5,13,15-16,18-19H,1-2,6-12,14,24H2,(H2,26,28,29,30);2*1H/t16-,18-;;. The highest BCUT2D eigenvalue weighted by Crippen LogP contribution is 2.33. The van der Waals surface area contributed by atoms with Crippen molar-refractivity contribution in [3.05, 3.63) is 36.4 Å². The molecule has 0 amide bonds. The number of hydrogen-bond donors (Lipinski definition) is 3. The monoisotopic (exact) mass is 492 g/mol. The highest BCUT2D eigenvalue weighted by molar-refractivity contribution is 5.86. The summed E-state index contributed by atoms with van der Waals surface area (Å²) in [6, 6.07) is 7.20. The third-order valence-corrected chi connectivity index (χ3v) is 6.64. The van der Waals surface area contributed by atoms with Gasteiger partial charge in [-0.2, -0.15) is 9.97 Å². The van der Waals surface area contributed by atoms with Crippen LogP contribution < -0.4 is 16.4 Å². The van der Waals surface area contributed by atoms with E-state index in [-0.39, 0.29) is 24.8 Å². The first-order valence-corrected chi connectivity index (χ1v) is 11.7. The van der Waals surface area contributed by atoms with E-state index in [4.69, 9.17) is 20.7 Å². The first kappa shape index (κ1) is 25.5. The van der Waals surface area contributed by atoms with E-state index in [9.17, 15) is 0 Å². The minimum Gasteiger partial charge on any atom is -0.368 e. The predicted octanol–water partition coefficient (Wildman–Crippen LogP) is 4.52. The Balaban J connectivity index is 0.00000153. The zero-order valence-electron chi connectivity index (χ0n) is 18.8. The van der Waals surface area contributed by atoms with E-state index in [1.807, 2.05) is 30.7 Å². The van der Waals surface area contributed by atoms with E-state index >= 15 is 0 Å². The van der Waals surface area contributed by atoms with E-state index in [0.29, 0.717) is 24.1 Å². The second-order valence-corrected chi connectivity index (χ2v) is 8.91. The lowest BCUT2D eigenvalue weighted by Gasteiger charge is -2.27. The highest BCUT2D eigenvalue weighted by Gasteiger charge is 2.23. The van der Waals surface area contributed by atoms with E-state index in [2.05, 4.69) is 20.2 Å². The van der Waals surface area contributed by atoms with Crippen LogP contribution in [0.2, 0.25) is 0 Å². The Morgan fingerprint density at radius 1 is 0.970 bits per heavy atom. The molecule has 8 nitrogen and oxygen atoms in total. The minimum absolute atomic E-state index is 0. The first-order valence-electron chi connectivity index (χ1n) is 11.7. The van der Waals surface area contributed by atoms with Crippen LogP contribution in [-0.4, -0.2) is 43.1 Å². The molecule has 180 valence electrons. The molecule has 0 radical (unpaired) electrons. The Hall–Kier alpha value is -2.16. The van der Waals surface area contributed by atoms with Gasteiger partial charge in [-0.15, -0.1) is 24.8 Å². The molecule has 0 bridgehead atoms. The zero-order valence-corrected chi connectivity index (χ0v) is 20.5. The van der Waals surface area contributed by atoms with E-state index in [1.165, 1.54) is 25.7 Å². The third kappa shape index (κ3) is 6.05. The first-order chi connectivity index (χ1) is 15.3. The number of anilines is 2. The molecule has 0 atom stereocenters. The molecule has 2 saturated carbocycles.